The molecule has 1 amide bonds. The van der Waals surface area contributed by atoms with Crippen LogP contribution in [-0.4, -0.2) is 16.6 Å². The largest absolute Gasteiger partial charge is 0.311 e. The Labute approximate surface area is 101 Å². The molecule has 0 saturated heterocycles. The minimum atomic E-state index is -0.124. The lowest BCUT2D eigenvalue weighted by molar-refractivity contribution is -0.114. The normalized spacial score (nSPS) is 9.19. The minimum Gasteiger partial charge on any atom is -0.311 e. The Hall–Kier alpha value is -1.47. The molecule has 0 bridgehead atoms. The van der Waals surface area contributed by atoms with Crippen molar-refractivity contribution < 1.29 is 4.79 Å². The number of pyridine rings is 1. The van der Waals surface area contributed by atoms with E-state index in [4.69, 9.17) is 0 Å². The summed E-state index contributed by atoms with van der Waals surface area (Å²) in [6.07, 6.45) is 0.760. The Morgan fingerprint density at radius 1 is 1.56 bits per heavy atom. The van der Waals surface area contributed by atoms with Gasteiger partial charge in [-0.25, -0.2) is 4.98 Å². The number of carbonyl (C=O) groups excluding carboxylic acids is 1. The quantitative estimate of drug-likeness (QED) is 0.607. The predicted molar refractivity (Wildman–Crippen MR) is 68.6 cm³/mol. The van der Waals surface area contributed by atoms with E-state index in [2.05, 4.69) is 34.8 Å². The zero-order valence-electron chi connectivity index (χ0n) is 9.37. The Morgan fingerprint density at radius 2 is 2.31 bits per heavy atom. The van der Waals surface area contributed by atoms with E-state index in [1.165, 1.54) is 6.92 Å². The zero-order chi connectivity index (χ0) is 12.0. The van der Waals surface area contributed by atoms with E-state index in [1.807, 2.05) is 13.0 Å². The van der Waals surface area contributed by atoms with Gasteiger partial charge in [-0.2, -0.15) is 12.6 Å². The topological polar surface area (TPSA) is 42.0 Å². The van der Waals surface area contributed by atoms with Crippen molar-refractivity contribution in [1.29, 1.82) is 0 Å². The number of carbonyl (C=O) groups is 1. The molecule has 16 heavy (non-hydrogen) atoms. The molecule has 1 rings (SSSR count). The number of nitrogens with zero attached hydrogens (tertiary/aromatic N) is 1. The third-order valence-corrected chi connectivity index (χ3v) is 2.07. The molecule has 1 N–H and O–H groups in total. The molecule has 0 spiro atoms. The lowest BCUT2D eigenvalue weighted by Crippen LogP contribution is -2.08. The van der Waals surface area contributed by atoms with Gasteiger partial charge in [0.1, 0.15) is 5.82 Å². The molecule has 0 aliphatic rings. The molecule has 0 saturated carbocycles. The molecule has 0 unspecified atom stereocenters. The van der Waals surface area contributed by atoms with Crippen molar-refractivity contribution in [3.8, 4) is 11.8 Å². The summed E-state index contributed by atoms with van der Waals surface area (Å²) < 4.78 is 0. The van der Waals surface area contributed by atoms with Gasteiger partial charge in [-0.15, -0.1) is 0 Å². The number of nitrogens with one attached hydrogen (secondary N) is 1. The van der Waals surface area contributed by atoms with Gasteiger partial charge in [-0.05, 0) is 19.1 Å². The molecule has 0 aliphatic carbocycles. The van der Waals surface area contributed by atoms with Crippen molar-refractivity contribution in [3.05, 3.63) is 23.4 Å². The molecule has 3 nitrogen and oxygen atoms in total. The van der Waals surface area contributed by atoms with E-state index >= 15 is 0 Å². The molecule has 1 heterocycles. The van der Waals surface area contributed by atoms with Crippen LogP contribution in [0.3, 0.4) is 0 Å². The molecule has 84 valence electrons. The fourth-order valence-electron chi connectivity index (χ4n) is 1.16. The van der Waals surface area contributed by atoms with Crippen LogP contribution >= 0.6 is 12.6 Å². The molecular weight excluding hydrogens is 220 g/mol. The number of aromatic nitrogens is 1. The van der Waals surface area contributed by atoms with Crippen LogP contribution in [0.15, 0.2) is 12.1 Å². The van der Waals surface area contributed by atoms with E-state index in [1.54, 1.807) is 6.07 Å². The maximum atomic E-state index is 10.8. The average molecular weight is 234 g/mol. The molecule has 1 aromatic rings. The first kappa shape index (κ1) is 12.6. The maximum absolute atomic E-state index is 10.8. The molecule has 1 aromatic heterocycles. The minimum absolute atomic E-state index is 0.124. The molecule has 0 fully saturated rings. The number of aryl methyl sites for hydroxylation is 1. The molecule has 4 heteroatoms. The summed E-state index contributed by atoms with van der Waals surface area (Å²) in [6, 6.07) is 3.61. The van der Waals surface area contributed by atoms with Crippen molar-refractivity contribution in [1.82, 2.24) is 4.98 Å². The lowest BCUT2D eigenvalue weighted by Gasteiger charge is -2.03. The number of thiol groups is 1. The van der Waals surface area contributed by atoms with Gasteiger partial charge in [0.15, 0.2) is 0 Å². The Bertz CT molecular complexity index is 446. The summed E-state index contributed by atoms with van der Waals surface area (Å²) in [7, 11) is 0. The summed E-state index contributed by atoms with van der Waals surface area (Å²) >= 11 is 4.08. The maximum Gasteiger partial charge on any atom is 0.222 e. The van der Waals surface area contributed by atoms with Crippen LogP contribution in [-0.2, 0) is 4.79 Å². The number of hydrogen-bond donors (Lipinski definition) is 2. The fourth-order valence-corrected chi connectivity index (χ4v) is 1.27. The van der Waals surface area contributed by atoms with E-state index in [-0.39, 0.29) is 5.91 Å². The summed E-state index contributed by atoms with van der Waals surface area (Å²) in [5.74, 6) is 7.21. The van der Waals surface area contributed by atoms with Crippen LogP contribution in [0.1, 0.15) is 24.6 Å². The van der Waals surface area contributed by atoms with E-state index in [0.717, 1.165) is 23.4 Å². The molecule has 0 aromatic carbocycles. The van der Waals surface area contributed by atoms with E-state index in [0.29, 0.717) is 5.82 Å². The second-order valence-electron chi connectivity index (χ2n) is 3.29. The number of amides is 1. The van der Waals surface area contributed by atoms with Crippen molar-refractivity contribution in [2.75, 3.05) is 11.1 Å². The van der Waals surface area contributed by atoms with Crippen LogP contribution in [0.5, 0.6) is 0 Å². The van der Waals surface area contributed by atoms with Gasteiger partial charge in [0.05, 0.1) is 5.69 Å². The van der Waals surface area contributed by atoms with Gasteiger partial charge in [-0.3, -0.25) is 4.79 Å². The monoisotopic (exact) mass is 234 g/mol. The first-order valence-electron chi connectivity index (χ1n) is 4.98. The first-order chi connectivity index (χ1) is 7.63. The van der Waals surface area contributed by atoms with Crippen LogP contribution in [0, 0.1) is 18.8 Å². The van der Waals surface area contributed by atoms with Crippen LogP contribution in [0.25, 0.3) is 0 Å². The zero-order valence-corrected chi connectivity index (χ0v) is 10.3. The highest BCUT2D eigenvalue weighted by Crippen LogP contribution is 2.09. The van der Waals surface area contributed by atoms with Gasteiger partial charge in [0.2, 0.25) is 5.91 Å². The highest BCUT2D eigenvalue weighted by atomic mass is 32.1. The number of rotatable bonds is 2. The van der Waals surface area contributed by atoms with Crippen molar-refractivity contribution in [3.63, 3.8) is 0 Å². The first-order valence-corrected chi connectivity index (χ1v) is 5.61. The van der Waals surface area contributed by atoms with Gasteiger partial charge in [0.25, 0.3) is 0 Å². The Morgan fingerprint density at radius 3 is 2.88 bits per heavy atom. The second kappa shape index (κ2) is 6.19. The summed E-state index contributed by atoms with van der Waals surface area (Å²) in [6.45, 7) is 3.33. The molecule has 0 radical (unpaired) electrons. The van der Waals surface area contributed by atoms with Crippen LogP contribution < -0.4 is 5.32 Å². The molecule has 0 aliphatic heterocycles. The molecular formula is C12H14N2OS. The van der Waals surface area contributed by atoms with Crippen LogP contribution in [0.2, 0.25) is 0 Å². The Kier molecular flexibility index (Phi) is 4.87. The summed E-state index contributed by atoms with van der Waals surface area (Å²) in [5.41, 5.74) is 1.70. The van der Waals surface area contributed by atoms with Crippen LogP contribution in [0.4, 0.5) is 5.82 Å². The van der Waals surface area contributed by atoms with E-state index < -0.39 is 0 Å². The smallest absolute Gasteiger partial charge is 0.222 e. The van der Waals surface area contributed by atoms with Gasteiger partial charge in [-0.1, -0.05) is 11.8 Å². The standard InChI is InChI=1S/C12H14N2OS/c1-9-11(5-3-4-8-16)6-7-12(13-9)14-10(2)15/h6-7,16H,4,8H2,1-2H3,(H,13,14,15). The predicted octanol–water partition coefficient (Wildman–Crippen LogP) is 2.02. The third-order valence-electron chi connectivity index (χ3n) is 1.85. The lowest BCUT2D eigenvalue weighted by atomic mass is 10.2. The summed E-state index contributed by atoms with van der Waals surface area (Å²) in [4.78, 5) is 15.1. The summed E-state index contributed by atoms with van der Waals surface area (Å²) in [5, 5.41) is 2.63. The highest BCUT2D eigenvalue weighted by molar-refractivity contribution is 7.80. The SMILES string of the molecule is CC(=O)Nc1ccc(C#CCCS)c(C)n1. The van der Waals surface area contributed by atoms with Crippen molar-refractivity contribution in [2.45, 2.75) is 20.3 Å². The average Bonchev–Trinajstić information content (AvgIpc) is 2.20. The Balaban J connectivity index is 2.84. The fraction of sp³-hybridized carbons (Fsp3) is 0.333. The third kappa shape index (κ3) is 3.95. The van der Waals surface area contributed by atoms with Crippen molar-refractivity contribution >= 4 is 24.4 Å². The number of hydrogen-bond acceptors (Lipinski definition) is 3. The van der Waals surface area contributed by atoms with E-state index in [9.17, 15) is 4.79 Å². The van der Waals surface area contributed by atoms with Crippen molar-refractivity contribution in [2.24, 2.45) is 0 Å². The molecule has 0 atom stereocenters. The highest BCUT2D eigenvalue weighted by Gasteiger charge is 2.00. The number of anilines is 1. The second-order valence-corrected chi connectivity index (χ2v) is 3.73. The van der Waals surface area contributed by atoms with Gasteiger partial charge >= 0.3 is 0 Å². The van der Waals surface area contributed by atoms with Gasteiger partial charge in [0, 0.05) is 24.7 Å². The van der Waals surface area contributed by atoms with Gasteiger partial charge < -0.3 is 5.32 Å².